The summed E-state index contributed by atoms with van der Waals surface area (Å²) in [6.45, 7) is 1.46. The van der Waals surface area contributed by atoms with Crippen LogP contribution in [0.1, 0.15) is 12.5 Å². The molecule has 0 fully saturated rings. The van der Waals surface area contributed by atoms with Gasteiger partial charge in [0, 0.05) is 25.3 Å². The van der Waals surface area contributed by atoms with Gasteiger partial charge in [-0.05, 0) is 25.1 Å². The summed E-state index contributed by atoms with van der Waals surface area (Å²) in [5.41, 5.74) is -0.910. The van der Waals surface area contributed by atoms with Crippen LogP contribution in [0.5, 0.6) is 11.5 Å². The number of sulfonamides is 1. The van der Waals surface area contributed by atoms with Gasteiger partial charge in [0.15, 0.2) is 11.5 Å². The average Bonchev–Trinajstić information content (AvgIpc) is 2.66. The van der Waals surface area contributed by atoms with Crippen LogP contribution in [-0.2, 0) is 20.4 Å². The summed E-state index contributed by atoms with van der Waals surface area (Å²) < 4.78 is 57.5. The Labute approximate surface area is 152 Å². The van der Waals surface area contributed by atoms with Gasteiger partial charge in [0.2, 0.25) is 10.0 Å². The van der Waals surface area contributed by atoms with Crippen LogP contribution in [-0.4, -0.2) is 36.3 Å². The molecule has 0 bridgehead atoms. The maximum absolute atomic E-state index is 14.1. The van der Waals surface area contributed by atoms with E-state index in [2.05, 4.69) is 4.72 Å². The molecule has 1 unspecified atom stereocenters. The van der Waals surface area contributed by atoms with E-state index >= 15 is 0 Å². The van der Waals surface area contributed by atoms with Crippen LogP contribution in [0.3, 0.4) is 0 Å². The highest BCUT2D eigenvalue weighted by atomic mass is 32.2. The molecule has 6 nitrogen and oxygen atoms in total. The average molecular weight is 383 g/mol. The zero-order valence-electron chi connectivity index (χ0n) is 15.1. The van der Waals surface area contributed by atoms with Gasteiger partial charge in [0.1, 0.15) is 11.4 Å². The van der Waals surface area contributed by atoms with Crippen LogP contribution in [0.4, 0.5) is 4.39 Å². The lowest BCUT2D eigenvalue weighted by molar-refractivity contribution is 0.00410. The topological polar surface area (TPSA) is 73.9 Å². The number of hydrogen-bond donors (Lipinski definition) is 1. The van der Waals surface area contributed by atoms with E-state index in [9.17, 15) is 12.8 Å². The lowest BCUT2D eigenvalue weighted by Crippen LogP contribution is -2.40. The largest absolute Gasteiger partial charge is 0.493 e. The number of nitrogens with one attached hydrogen (secondary N) is 1. The van der Waals surface area contributed by atoms with E-state index in [1.165, 1.54) is 45.6 Å². The molecule has 2 rings (SSSR count). The molecule has 0 aliphatic rings. The van der Waals surface area contributed by atoms with E-state index in [4.69, 9.17) is 14.2 Å². The van der Waals surface area contributed by atoms with Crippen molar-refractivity contribution in [3.8, 4) is 11.5 Å². The summed E-state index contributed by atoms with van der Waals surface area (Å²) in [5, 5.41) is 0. The van der Waals surface area contributed by atoms with Gasteiger partial charge < -0.3 is 14.2 Å². The van der Waals surface area contributed by atoms with E-state index in [0.717, 1.165) is 0 Å². The minimum atomic E-state index is -3.87. The first-order valence-electron chi connectivity index (χ1n) is 7.79. The zero-order chi connectivity index (χ0) is 19.4. The fourth-order valence-electron chi connectivity index (χ4n) is 2.47. The number of ether oxygens (including phenoxy) is 3. The number of methoxy groups -OCH3 is 3. The van der Waals surface area contributed by atoms with Crippen molar-refractivity contribution in [3.63, 3.8) is 0 Å². The van der Waals surface area contributed by atoms with Crippen molar-refractivity contribution in [3.05, 3.63) is 53.8 Å². The summed E-state index contributed by atoms with van der Waals surface area (Å²) in [5.74, 6) is 0.237. The predicted molar refractivity (Wildman–Crippen MR) is 95.5 cm³/mol. The van der Waals surface area contributed by atoms with E-state index in [1.807, 2.05) is 0 Å². The molecule has 0 aromatic heterocycles. The highest BCUT2D eigenvalue weighted by molar-refractivity contribution is 7.89. The Morgan fingerprint density at radius 3 is 2.27 bits per heavy atom. The number of hydrogen-bond acceptors (Lipinski definition) is 5. The number of benzene rings is 2. The molecule has 8 heteroatoms. The van der Waals surface area contributed by atoms with E-state index in [1.54, 1.807) is 25.1 Å². The third-order valence-corrected chi connectivity index (χ3v) is 5.56. The first-order valence-corrected chi connectivity index (χ1v) is 9.27. The lowest BCUT2D eigenvalue weighted by atomic mass is 9.95. The summed E-state index contributed by atoms with van der Waals surface area (Å²) in [6, 6.07) is 10.3. The summed E-state index contributed by atoms with van der Waals surface area (Å²) in [7, 11) is 0.409. The first kappa shape index (κ1) is 20.2. The highest BCUT2D eigenvalue weighted by Crippen LogP contribution is 2.30. The highest BCUT2D eigenvalue weighted by Gasteiger charge is 2.31. The minimum Gasteiger partial charge on any atom is -0.493 e. The monoisotopic (exact) mass is 383 g/mol. The third kappa shape index (κ3) is 4.14. The Bertz CT molecular complexity index is 872. The second-order valence-corrected chi connectivity index (χ2v) is 7.52. The summed E-state index contributed by atoms with van der Waals surface area (Å²) >= 11 is 0. The van der Waals surface area contributed by atoms with Gasteiger partial charge in [0.25, 0.3) is 0 Å². The van der Waals surface area contributed by atoms with Gasteiger partial charge in [-0.25, -0.2) is 17.5 Å². The van der Waals surface area contributed by atoms with E-state index in [-0.39, 0.29) is 17.0 Å². The molecule has 1 N–H and O–H groups in total. The quantitative estimate of drug-likeness (QED) is 0.759. The van der Waals surface area contributed by atoms with Gasteiger partial charge >= 0.3 is 0 Å². The van der Waals surface area contributed by atoms with E-state index in [0.29, 0.717) is 11.5 Å². The van der Waals surface area contributed by atoms with Crippen LogP contribution in [0.25, 0.3) is 0 Å². The fraction of sp³-hybridized carbons (Fsp3) is 0.333. The molecule has 0 radical (unpaired) electrons. The van der Waals surface area contributed by atoms with Crippen molar-refractivity contribution in [2.45, 2.75) is 17.4 Å². The molecule has 142 valence electrons. The molecule has 0 heterocycles. The fourth-order valence-corrected chi connectivity index (χ4v) is 3.61. The lowest BCUT2D eigenvalue weighted by Gasteiger charge is -2.29. The second-order valence-electron chi connectivity index (χ2n) is 5.76. The van der Waals surface area contributed by atoms with Crippen LogP contribution >= 0.6 is 0 Å². The zero-order valence-corrected chi connectivity index (χ0v) is 15.9. The molecule has 0 saturated carbocycles. The predicted octanol–water partition coefficient (Wildman–Crippen LogP) is 2.68. The maximum Gasteiger partial charge on any atom is 0.240 e. The van der Waals surface area contributed by atoms with Gasteiger partial charge in [-0.1, -0.05) is 18.2 Å². The van der Waals surface area contributed by atoms with Crippen molar-refractivity contribution in [1.82, 2.24) is 4.72 Å². The molecular formula is C18H22FNO5S. The summed E-state index contributed by atoms with van der Waals surface area (Å²) in [4.78, 5) is 0.00198. The molecule has 0 amide bonds. The molecular weight excluding hydrogens is 361 g/mol. The normalized spacial score (nSPS) is 13.9. The van der Waals surface area contributed by atoms with E-state index < -0.39 is 21.4 Å². The molecule has 1 atom stereocenters. The molecule has 26 heavy (non-hydrogen) atoms. The third-order valence-electron chi connectivity index (χ3n) is 4.16. The Morgan fingerprint density at radius 1 is 1.04 bits per heavy atom. The Balaban J connectivity index is 2.28. The maximum atomic E-state index is 14.1. The number of rotatable bonds is 8. The van der Waals surface area contributed by atoms with Gasteiger partial charge in [0.05, 0.1) is 19.1 Å². The standard InChI is InChI=1S/C18H22FNO5S/c1-18(25-4,14-7-5-6-8-15(14)19)12-20-26(21,22)13-9-10-16(23-2)17(11-13)24-3/h5-11,20H,12H2,1-4H3. The smallest absolute Gasteiger partial charge is 0.240 e. The molecule has 0 aliphatic carbocycles. The number of halogens is 1. The van der Waals surface area contributed by atoms with Crippen molar-refractivity contribution >= 4 is 10.0 Å². The van der Waals surface area contributed by atoms with Gasteiger partial charge in [-0.3, -0.25) is 0 Å². The van der Waals surface area contributed by atoms with Gasteiger partial charge in [-0.2, -0.15) is 0 Å². The molecule has 2 aromatic carbocycles. The minimum absolute atomic E-state index is 0.00198. The Kier molecular flexibility index (Phi) is 6.22. The summed E-state index contributed by atoms with van der Waals surface area (Å²) in [6.07, 6.45) is 0. The first-order chi connectivity index (χ1) is 12.3. The Morgan fingerprint density at radius 2 is 1.69 bits per heavy atom. The van der Waals surface area contributed by atoms with Gasteiger partial charge in [-0.15, -0.1) is 0 Å². The molecule has 0 aliphatic heterocycles. The van der Waals surface area contributed by atoms with Crippen molar-refractivity contribution < 1.29 is 27.0 Å². The SMILES string of the molecule is COc1ccc(S(=O)(=O)NCC(C)(OC)c2ccccc2F)cc1OC. The van der Waals surface area contributed by atoms with Crippen LogP contribution in [0.2, 0.25) is 0 Å². The van der Waals surface area contributed by atoms with Crippen LogP contribution in [0, 0.1) is 5.82 Å². The van der Waals surface area contributed by atoms with Crippen LogP contribution < -0.4 is 14.2 Å². The second kappa shape index (κ2) is 8.03. The van der Waals surface area contributed by atoms with Crippen molar-refractivity contribution in [2.75, 3.05) is 27.9 Å². The molecule has 2 aromatic rings. The molecule has 0 saturated heterocycles. The van der Waals surface area contributed by atoms with Crippen LogP contribution in [0.15, 0.2) is 47.4 Å². The molecule has 0 spiro atoms. The van der Waals surface area contributed by atoms with Crippen molar-refractivity contribution in [2.24, 2.45) is 0 Å². The van der Waals surface area contributed by atoms with Crippen molar-refractivity contribution in [1.29, 1.82) is 0 Å². The Hall–Kier alpha value is -2.16.